The summed E-state index contributed by atoms with van der Waals surface area (Å²) < 4.78 is 0. The molecule has 1 unspecified atom stereocenters. The van der Waals surface area contributed by atoms with Crippen LogP contribution in [-0.2, 0) is 6.54 Å². The van der Waals surface area contributed by atoms with Crippen LogP contribution in [0.15, 0.2) is 24.5 Å². The minimum atomic E-state index is 0.606. The fourth-order valence-electron chi connectivity index (χ4n) is 1.96. The topological polar surface area (TPSA) is 28.2 Å². The first-order chi connectivity index (χ1) is 8.27. The smallest absolute Gasteiger partial charge is 0.0271 e. The summed E-state index contributed by atoms with van der Waals surface area (Å²) in [4.78, 5) is 6.46. The van der Waals surface area contributed by atoms with E-state index in [4.69, 9.17) is 0 Å². The molecule has 0 aliphatic carbocycles. The number of likely N-dealkylation sites (N-methyl/N-ethyl adjacent to an activating group) is 1. The molecule has 0 amide bonds. The van der Waals surface area contributed by atoms with Gasteiger partial charge in [-0.25, -0.2) is 0 Å². The second kappa shape index (κ2) is 8.20. The second-order valence-corrected chi connectivity index (χ2v) is 4.54. The normalized spacial score (nSPS) is 12.9. The number of rotatable bonds is 8. The SMILES string of the molecule is CCCNCC(CC)N(C)Cc1ccncc1. The summed E-state index contributed by atoms with van der Waals surface area (Å²) in [6.07, 6.45) is 6.10. The molecular formula is C14H25N3. The molecule has 1 heterocycles. The van der Waals surface area contributed by atoms with Gasteiger partial charge in [0.2, 0.25) is 0 Å². The molecule has 17 heavy (non-hydrogen) atoms. The van der Waals surface area contributed by atoms with Crippen molar-refractivity contribution in [1.82, 2.24) is 15.2 Å². The molecule has 3 heteroatoms. The Balaban J connectivity index is 2.40. The highest BCUT2D eigenvalue weighted by molar-refractivity contribution is 5.09. The molecule has 0 fully saturated rings. The molecule has 3 nitrogen and oxygen atoms in total. The second-order valence-electron chi connectivity index (χ2n) is 4.54. The van der Waals surface area contributed by atoms with Gasteiger partial charge in [-0.2, -0.15) is 0 Å². The van der Waals surface area contributed by atoms with Crippen molar-refractivity contribution in [3.63, 3.8) is 0 Å². The zero-order valence-corrected chi connectivity index (χ0v) is 11.3. The zero-order valence-electron chi connectivity index (χ0n) is 11.3. The fraction of sp³-hybridized carbons (Fsp3) is 0.643. The van der Waals surface area contributed by atoms with Gasteiger partial charge in [-0.05, 0) is 44.1 Å². The molecule has 0 bridgehead atoms. The molecule has 0 spiro atoms. The Bertz CT molecular complexity index is 287. The average molecular weight is 235 g/mol. The van der Waals surface area contributed by atoms with E-state index in [1.165, 1.54) is 18.4 Å². The maximum atomic E-state index is 4.05. The zero-order chi connectivity index (χ0) is 12.5. The van der Waals surface area contributed by atoms with E-state index >= 15 is 0 Å². The van der Waals surface area contributed by atoms with Crippen LogP contribution in [-0.4, -0.2) is 36.1 Å². The molecule has 0 aromatic carbocycles. The first-order valence-corrected chi connectivity index (χ1v) is 6.57. The summed E-state index contributed by atoms with van der Waals surface area (Å²) >= 11 is 0. The van der Waals surface area contributed by atoms with Gasteiger partial charge in [-0.15, -0.1) is 0 Å². The van der Waals surface area contributed by atoms with Crippen LogP contribution < -0.4 is 5.32 Å². The maximum Gasteiger partial charge on any atom is 0.0271 e. The third-order valence-electron chi connectivity index (χ3n) is 3.08. The lowest BCUT2D eigenvalue weighted by atomic mass is 10.1. The number of hydrogen-bond acceptors (Lipinski definition) is 3. The van der Waals surface area contributed by atoms with Crippen LogP contribution >= 0.6 is 0 Å². The van der Waals surface area contributed by atoms with Gasteiger partial charge in [0.1, 0.15) is 0 Å². The maximum absolute atomic E-state index is 4.05. The number of aromatic nitrogens is 1. The molecule has 0 aliphatic rings. The molecule has 1 N–H and O–H groups in total. The van der Waals surface area contributed by atoms with Crippen molar-refractivity contribution >= 4 is 0 Å². The van der Waals surface area contributed by atoms with Crippen molar-refractivity contribution < 1.29 is 0 Å². The fourth-order valence-corrected chi connectivity index (χ4v) is 1.96. The van der Waals surface area contributed by atoms with Crippen molar-refractivity contribution in [1.29, 1.82) is 0 Å². The first kappa shape index (κ1) is 14.1. The predicted molar refractivity (Wildman–Crippen MR) is 72.9 cm³/mol. The summed E-state index contributed by atoms with van der Waals surface area (Å²) in [5, 5.41) is 3.50. The van der Waals surface area contributed by atoms with E-state index in [9.17, 15) is 0 Å². The van der Waals surface area contributed by atoms with Crippen LogP contribution in [0.25, 0.3) is 0 Å². The molecule has 0 radical (unpaired) electrons. The monoisotopic (exact) mass is 235 g/mol. The predicted octanol–water partition coefficient (Wildman–Crippen LogP) is 2.29. The number of pyridine rings is 1. The summed E-state index contributed by atoms with van der Waals surface area (Å²) in [5.74, 6) is 0. The van der Waals surface area contributed by atoms with E-state index < -0.39 is 0 Å². The van der Waals surface area contributed by atoms with E-state index in [1.807, 2.05) is 12.4 Å². The number of hydrogen-bond donors (Lipinski definition) is 1. The molecule has 1 aromatic heterocycles. The van der Waals surface area contributed by atoms with Gasteiger partial charge < -0.3 is 5.32 Å². The van der Waals surface area contributed by atoms with E-state index in [-0.39, 0.29) is 0 Å². The summed E-state index contributed by atoms with van der Waals surface area (Å²) in [6.45, 7) is 7.64. The summed E-state index contributed by atoms with van der Waals surface area (Å²) in [7, 11) is 2.20. The number of nitrogens with one attached hydrogen (secondary N) is 1. The molecule has 0 saturated carbocycles. The minimum Gasteiger partial charge on any atom is -0.315 e. The van der Waals surface area contributed by atoms with Gasteiger partial charge in [0, 0.05) is 31.5 Å². The van der Waals surface area contributed by atoms with Crippen LogP contribution in [0.2, 0.25) is 0 Å². The summed E-state index contributed by atoms with van der Waals surface area (Å²) in [6, 6.07) is 4.78. The van der Waals surface area contributed by atoms with Gasteiger partial charge in [0.05, 0.1) is 0 Å². The Morgan fingerprint density at radius 1 is 1.29 bits per heavy atom. The Kier molecular flexibility index (Phi) is 6.82. The van der Waals surface area contributed by atoms with Crippen LogP contribution in [0.3, 0.4) is 0 Å². The third-order valence-corrected chi connectivity index (χ3v) is 3.08. The van der Waals surface area contributed by atoms with Gasteiger partial charge >= 0.3 is 0 Å². The van der Waals surface area contributed by atoms with Gasteiger partial charge in [-0.3, -0.25) is 9.88 Å². The van der Waals surface area contributed by atoms with Crippen LogP contribution in [0.1, 0.15) is 32.3 Å². The Labute approximate surface area is 105 Å². The lowest BCUT2D eigenvalue weighted by Gasteiger charge is -2.27. The van der Waals surface area contributed by atoms with Crippen molar-refractivity contribution in [3.8, 4) is 0 Å². The summed E-state index contributed by atoms with van der Waals surface area (Å²) in [5.41, 5.74) is 1.33. The van der Waals surface area contributed by atoms with E-state index in [0.717, 1.165) is 19.6 Å². The molecule has 1 aromatic rings. The van der Waals surface area contributed by atoms with Crippen LogP contribution in [0.5, 0.6) is 0 Å². The lowest BCUT2D eigenvalue weighted by Crippen LogP contribution is -2.39. The van der Waals surface area contributed by atoms with Crippen molar-refractivity contribution in [2.24, 2.45) is 0 Å². The van der Waals surface area contributed by atoms with Crippen LogP contribution in [0.4, 0.5) is 0 Å². The molecule has 96 valence electrons. The lowest BCUT2D eigenvalue weighted by molar-refractivity contribution is 0.221. The van der Waals surface area contributed by atoms with Crippen molar-refractivity contribution in [3.05, 3.63) is 30.1 Å². The quantitative estimate of drug-likeness (QED) is 0.701. The number of nitrogens with zero attached hydrogens (tertiary/aromatic N) is 2. The molecular weight excluding hydrogens is 210 g/mol. The van der Waals surface area contributed by atoms with Crippen LogP contribution in [0, 0.1) is 0 Å². The first-order valence-electron chi connectivity index (χ1n) is 6.57. The molecule has 1 atom stereocenters. The average Bonchev–Trinajstić information content (AvgIpc) is 2.36. The van der Waals surface area contributed by atoms with Crippen molar-refractivity contribution in [2.75, 3.05) is 20.1 Å². The largest absolute Gasteiger partial charge is 0.315 e. The van der Waals surface area contributed by atoms with E-state index in [2.05, 4.69) is 48.2 Å². The van der Waals surface area contributed by atoms with Crippen molar-refractivity contribution in [2.45, 2.75) is 39.3 Å². The standard InChI is InChI=1S/C14H25N3/c1-4-8-16-11-14(5-2)17(3)12-13-6-9-15-10-7-13/h6-7,9-10,14,16H,4-5,8,11-12H2,1-3H3. The third kappa shape index (κ3) is 5.29. The van der Waals surface area contributed by atoms with E-state index in [1.54, 1.807) is 0 Å². The van der Waals surface area contributed by atoms with Gasteiger partial charge in [0.15, 0.2) is 0 Å². The van der Waals surface area contributed by atoms with Gasteiger partial charge in [0.25, 0.3) is 0 Å². The van der Waals surface area contributed by atoms with Gasteiger partial charge in [-0.1, -0.05) is 13.8 Å². The highest BCUT2D eigenvalue weighted by Gasteiger charge is 2.12. The molecule has 0 aliphatic heterocycles. The highest BCUT2D eigenvalue weighted by atomic mass is 15.1. The molecule has 1 rings (SSSR count). The molecule has 0 saturated heterocycles. The Morgan fingerprint density at radius 3 is 2.59 bits per heavy atom. The Morgan fingerprint density at radius 2 is 2.00 bits per heavy atom. The highest BCUT2D eigenvalue weighted by Crippen LogP contribution is 2.07. The minimum absolute atomic E-state index is 0.606. The van der Waals surface area contributed by atoms with E-state index in [0.29, 0.717) is 6.04 Å². The Hall–Kier alpha value is -0.930.